The van der Waals surface area contributed by atoms with Crippen LogP contribution in [0.2, 0.25) is 0 Å². The summed E-state index contributed by atoms with van der Waals surface area (Å²) in [6.45, 7) is 6.43. The Morgan fingerprint density at radius 2 is 2.12 bits per heavy atom. The van der Waals surface area contributed by atoms with Gasteiger partial charge in [0.05, 0.1) is 24.2 Å². The van der Waals surface area contributed by atoms with Gasteiger partial charge in [-0.2, -0.15) is 5.10 Å². The van der Waals surface area contributed by atoms with Crippen molar-refractivity contribution in [2.75, 3.05) is 5.73 Å². The summed E-state index contributed by atoms with van der Waals surface area (Å²) in [4.78, 5) is 0. The lowest BCUT2D eigenvalue weighted by molar-refractivity contribution is -0.641. The minimum atomic E-state index is 0.0571. The lowest BCUT2D eigenvalue weighted by atomic mass is 9.92. The molecule has 0 saturated heterocycles. The van der Waals surface area contributed by atoms with E-state index < -0.39 is 0 Å². The van der Waals surface area contributed by atoms with Gasteiger partial charge in [-0.3, -0.25) is 10.4 Å². The average Bonchev–Trinajstić information content (AvgIpc) is 2.70. The monoisotopic (exact) mass is 220 g/mol. The van der Waals surface area contributed by atoms with Gasteiger partial charge in [-0.25, -0.2) is 5.10 Å². The van der Waals surface area contributed by atoms with Gasteiger partial charge in [-0.1, -0.05) is 20.8 Å². The summed E-state index contributed by atoms with van der Waals surface area (Å²) in [6, 6.07) is 1.97. The van der Waals surface area contributed by atoms with E-state index in [-0.39, 0.29) is 5.41 Å². The number of hydrogen-bond donors (Lipinski definition) is 2. The van der Waals surface area contributed by atoms with Gasteiger partial charge in [0.25, 0.3) is 5.82 Å². The highest BCUT2D eigenvalue weighted by atomic mass is 15.4. The lowest BCUT2D eigenvalue weighted by Gasteiger charge is -2.13. The lowest BCUT2D eigenvalue weighted by Crippen LogP contribution is -2.35. The largest absolute Gasteiger partial charge is 0.298 e. The molecule has 0 amide bonds. The molecule has 5 nitrogen and oxygen atoms in total. The highest BCUT2D eigenvalue weighted by Crippen LogP contribution is 2.20. The molecular weight excluding hydrogens is 202 g/mol. The van der Waals surface area contributed by atoms with Crippen LogP contribution in [-0.2, 0) is 12.5 Å². The number of H-pyrrole nitrogens is 1. The zero-order chi connectivity index (χ0) is 11.9. The number of anilines is 1. The van der Waals surface area contributed by atoms with Gasteiger partial charge < -0.3 is 0 Å². The standard InChI is InChI=1S/C11H17N5/c1-11(2,3)9-5-10(12)16(14-9)8-6-13-15(4)7-8/h5-7H,1-4H3,(H2,12,14)/p+1. The predicted molar refractivity (Wildman–Crippen MR) is 62.2 cm³/mol. The van der Waals surface area contributed by atoms with Crippen molar-refractivity contribution in [2.24, 2.45) is 7.05 Å². The van der Waals surface area contributed by atoms with Crippen molar-refractivity contribution >= 4 is 5.82 Å². The summed E-state index contributed by atoms with van der Waals surface area (Å²) in [6.07, 6.45) is 3.69. The molecule has 0 aliphatic heterocycles. The Kier molecular flexibility index (Phi) is 2.26. The number of nitrogens with one attached hydrogen (secondary N) is 1. The van der Waals surface area contributed by atoms with E-state index in [9.17, 15) is 0 Å². The van der Waals surface area contributed by atoms with E-state index in [2.05, 4.69) is 31.0 Å². The number of nitrogens with two attached hydrogens (primary N) is 1. The van der Waals surface area contributed by atoms with Crippen LogP contribution in [0.15, 0.2) is 18.5 Å². The van der Waals surface area contributed by atoms with Crippen LogP contribution in [0, 0.1) is 0 Å². The Balaban J connectivity index is 2.47. The van der Waals surface area contributed by atoms with Crippen molar-refractivity contribution in [3.63, 3.8) is 0 Å². The highest BCUT2D eigenvalue weighted by Gasteiger charge is 2.22. The molecule has 0 aliphatic carbocycles. The van der Waals surface area contributed by atoms with E-state index in [0.29, 0.717) is 5.82 Å². The van der Waals surface area contributed by atoms with E-state index >= 15 is 0 Å². The highest BCUT2D eigenvalue weighted by molar-refractivity contribution is 5.29. The molecule has 0 bridgehead atoms. The summed E-state index contributed by atoms with van der Waals surface area (Å²) >= 11 is 0. The molecule has 0 aromatic carbocycles. The van der Waals surface area contributed by atoms with Crippen LogP contribution < -0.4 is 10.4 Å². The molecule has 0 fully saturated rings. The zero-order valence-corrected chi connectivity index (χ0v) is 10.2. The van der Waals surface area contributed by atoms with Gasteiger partial charge in [0.2, 0.25) is 0 Å². The number of aryl methyl sites for hydroxylation is 1. The molecule has 2 heterocycles. The third-order valence-electron chi connectivity index (χ3n) is 2.54. The Labute approximate surface area is 94.9 Å². The molecule has 0 spiro atoms. The number of nitrogens with zero attached hydrogens (tertiary/aromatic N) is 3. The second-order valence-electron chi connectivity index (χ2n) is 5.05. The predicted octanol–water partition coefficient (Wildman–Crippen LogP) is 0.905. The molecule has 0 saturated carbocycles. The average molecular weight is 220 g/mol. The first-order valence-corrected chi connectivity index (χ1v) is 5.28. The minimum absolute atomic E-state index is 0.0571. The number of nitrogen functional groups attached to an aromatic ring is 1. The molecule has 3 N–H and O–H groups in total. The molecule has 0 aliphatic rings. The zero-order valence-electron chi connectivity index (χ0n) is 10.2. The van der Waals surface area contributed by atoms with Crippen LogP contribution in [0.25, 0.3) is 5.69 Å². The molecule has 16 heavy (non-hydrogen) atoms. The number of rotatable bonds is 1. The second kappa shape index (κ2) is 3.37. The van der Waals surface area contributed by atoms with Crippen LogP contribution in [0.3, 0.4) is 0 Å². The van der Waals surface area contributed by atoms with Crippen molar-refractivity contribution in [3.05, 3.63) is 24.2 Å². The van der Waals surface area contributed by atoms with Gasteiger partial charge in [0.15, 0.2) is 5.69 Å². The smallest absolute Gasteiger partial charge is 0.285 e. The molecule has 0 atom stereocenters. The summed E-state index contributed by atoms with van der Waals surface area (Å²) in [5, 5.41) is 7.42. The second-order valence-corrected chi connectivity index (χ2v) is 5.05. The molecule has 86 valence electrons. The normalized spacial score (nSPS) is 12.0. The fourth-order valence-corrected chi connectivity index (χ4v) is 1.55. The van der Waals surface area contributed by atoms with Crippen molar-refractivity contribution in [1.29, 1.82) is 0 Å². The van der Waals surface area contributed by atoms with Gasteiger partial charge in [-0.15, -0.1) is 4.68 Å². The maximum Gasteiger partial charge on any atom is 0.298 e. The third kappa shape index (κ3) is 1.80. The van der Waals surface area contributed by atoms with E-state index in [4.69, 9.17) is 5.73 Å². The van der Waals surface area contributed by atoms with Gasteiger partial charge >= 0.3 is 0 Å². The van der Waals surface area contributed by atoms with Crippen LogP contribution in [0.4, 0.5) is 5.82 Å². The summed E-state index contributed by atoms with van der Waals surface area (Å²) in [7, 11) is 1.88. The summed E-state index contributed by atoms with van der Waals surface area (Å²) in [5.41, 5.74) is 8.08. The molecule has 2 rings (SSSR count). The maximum atomic E-state index is 5.97. The summed E-state index contributed by atoms with van der Waals surface area (Å²) < 4.78 is 3.59. The molecule has 0 radical (unpaired) electrons. The topological polar surface area (TPSA) is 63.5 Å². The minimum Gasteiger partial charge on any atom is -0.285 e. The van der Waals surface area contributed by atoms with E-state index in [1.165, 1.54) is 0 Å². The quantitative estimate of drug-likeness (QED) is 0.701. The Hall–Kier alpha value is -1.78. The fraction of sp³-hybridized carbons (Fsp3) is 0.455. The van der Waals surface area contributed by atoms with E-state index in [1.54, 1.807) is 10.9 Å². The first-order valence-electron chi connectivity index (χ1n) is 5.28. The summed E-state index contributed by atoms with van der Waals surface area (Å²) in [5.74, 6) is 0.693. The van der Waals surface area contributed by atoms with Crippen LogP contribution >= 0.6 is 0 Å². The molecule has 5 heteroatoms. The van der Waals surface area contributed by atoms with Crippen molar-refractivity contribution in [3.8, 4) is 5.69 Å². The van der Waals surface area contributed by atoms with Gasteiger partial charge in [0, 0.05) is 12.5 Å². The number of aromatic amines is 1. The molecular formula is C11H18N5+. The van der Waals surface area contributed by atoms with E-state index in [0.717, 1.165) is 11.4 Å². The Morgan fingerprint density at radius 3 is 2.56 bits per heavy atom. The fourth-order valence-electron chi connectivity index (χ4n) is 1.55. The van der Waals surface area contributed by atoms with Crippen LogP contribution in [-0.4, -0.2) is 14.9 Å². The SMILES string of the molecule is Cn1cc(-[n+]2[nH]c(C(C)(C)C)cc2N)cn1. The molecule has 2 aromatic rings. The molecule has 0 unspecified atom stereocenters. The third-order valence-corrected chi connectivity index (χ3v) is 2.54. The molecule has 2 aromatic heterocycles. The van der Waals surface area contributed by atoms with Crippen molar-refractivity contribution < 1.29 is 4.68 Å². The maximum absolute atomic E-state index is 5.97. The first-order chi connectivity index (χ1) is 7.38. The number of aromatic nitrogens is 4. The van der Waals surface area contributed by atoms with Gasteiger partial charge in [0.1, 0.15) is 0 Å². The number of hydrogen-bond acceptors (Lipinski definition) is 2. The Morgan fingerprint density at radius 1 is 1.44 bits per heavy atom. The van der Waals surface area contributed by atoms with Crippen molar-refractivity contribution in [2.45, 2.75) is 26.2 Å². The van der Waals surface area contributed by atoms with E-state index in [1.807, 2.05) is 24.0 Å². The first kappa shape index (κ1) is 10.7. The van der Waals surface area contributed by atoms with Gasteiger partial charge in [-0.05, 0) is 0 Å². The van der Waals surface area contributed by atoms with Crippen molar-refractivity contribution in [1.82, 2.24) is 14.9 Å². The van der Waals surface area contributed by atoms with Crippen LogP contribution in [0.5, 0.6) is 0 Å². The Bertz CT molecular complexity index is 501. The van der Waals surface area contributed by atoms with Crippen LogP contribution in [0.1, 0.15) is 26.5 Å².